The van der Waals surface area contributed by atoms with Crippen LogP contribution >= 0.6 is 0 Å². The molecule has 0 saturated heterocycles. The summed E-state index contributed by atoms with van der Waals surface area (Å²) in [4.78, 5) is 12.9. The zero-order valence-corrected chi connectivity index (χ0v) is 11.6. The van der Waals surface area contributed by atoms with Crippen molar-refractivity contribution in [3.63, 3.8) is 0 Å². The fourth-order valence-corrected chi connectivity index (χ4v) is 2.12. The normalized spacial score (nSPS) is 11.1. The Kier molecular flexibility index (Phi) is 3.32. The van der Waals surface area contributed by atoms with Gasteiger partial charge >= 0.3 is 0 Å². The Morgan fingerprint density at radius 1 is 1.20 bits per heavy atom. The molecule has 0 fully saturated rings. The SMILES string of the molecule is CCCn1cc(Nc2ncnc3c2ncn3CC)cn1. The molecule has 7 heteroatoms. The fraction of sp³-hybridized carbons (Fsp3) is 0.385. The summed E-state index contributed by atoms with van der Waals surface area (Å²) in [5.41, 5.74) is 2.52. The van der Waals surface area contributed by atoms with E-state index in [0.29, 0.717) is 5.82 Å². The van der Waals surface area contributed by atoms with Crippen LogP contribution in [-0.4, -0.2) is 29.3 Å². The number of nitrogens with one attached hydrogen (secondary N) is 1. The Bertz CT molecular complexity index is 712. The third-order valence-corrected chi connectivity index (χ3v) is 3.09. The molecule has 3 heterocycles. The molecular formula is C13H17N7. The van der Waals surface area contributed by atoms with E-state index in [1.807, 2.05) is 15.4 Å². The second kappa shape index (κ2) is 5.28. The van der Waals surface area contributed by atoms with Crippen molar-refractivity contribution in [1.29, 1.82) is 0 Å². The van der Waals surface area contributed by atoms with Gasteiger partial charge in [0.25, 0.3) is 0 Å². The van der Waals surface area contributed by atoms with E-state index in [1.165, 1.54) is 0 Å². The van der Waals surface area contributed by atoms with Crippen LogP contribution in [0.25, 0.3) is 11.2 Å². The van der Waals surface area contributed by atoms with Gasteiger partial charge in [0, 0.05) is 19.3 Å². The van der Waals surface area contributed by atoms with Gasteiger partial charge in [-0.1, -0.05) is 6.92 Å². The van der Waals surface area contributed by atoms with Crippen LogP contribution in [0.1, 0.15) is 20.3 Å². The van der Waals surface area contributed by atoms with E-state index < -0.39 is 0 Å². The summed E-state index contributed by atoms with van der Waals surface area (Å²) in [6.07, 6.45) is 8.15. The number of rotatable bonds is 5. The number of imidazole rings is 1. The van der Waals surface area contributed by atoms with Crippen LogP contribution in [-0.2, 0) is 13.1 Å². The Labute approximate surface area is 116 Å². The first-order chi connectivity index (χ1) is 9.81. The number of aromatic nitrogens is 6. The predicted octanol–water partition coefficient (Wildman–Crippen LogP) is 2.20. The Morgan fingerprint density at radius 3 is 2.90 bits per heavy atom. The van der Waals surface area contributed by atoms with E-state index in [0.717, 1.165) is 36.4 Å². The van der Waals surface area contributed by atoms with Crippen molar-refractivity contribution in [2.24, 2.45) is 0 Å². The van der Waals surface area contributed by atoms with Crippen molar-refractivity contribution in [3.05, 3.63) is 25.0 Å². The number of anilines is 2. The van der Waals surface area contributed by atoms with Gasteiger partial charge in [-0.3, -0.25) is 4.68 Å². The molecule has 104 valence electrons. The van der Waals surface area contributed by atoms with E-state index in [9.17, 15) is 0 Å². The first-order valence-corrected chi connectivity index (χ1v) is 6.77. The lowest BCUT2D eigenvalue weighted by Gasteiger charge is -2.03. The average molecular weight is 271 g/mol. The van der Waals surface area contributed by atoms with Crippen molar-refractivity contribution in [1.82, 2.24) is 29.3 Å². The van der Waals surface area contributed by atoms with E-state index in [1.54, 1.807) is 18.9 Å². The molecule has 3 aromatic rings. The third-order valence-electron chi connectivity index (χ3n) is 3.09. The van der Waals surface area contributed by atoms with Crippen LogP contribution in [0.3, 0.4) is 0 Å². The molecule has 3 rings (SSSR count). The highest BCUT2D eigenvalue weighted by Gasteiger charge is 2.10. The van der Waals surface area contributed by atoms with Gasteiger partial charge in [-0.25, -0.2) is 15.0 Å². The monoisotopic (exact) mass is 271 g/mol. The molecule has 0 saturated carbocycles. The summed E-state index contributed by atoms with van der Waals surface area (Å²) in [5.74, 6) is 0.707. The molecule has 0 unspecified atom stereocenters. The molecule has 0 spiro atoms. The number of fused-ring (bicyclic) bond motifs is 1. The Hall–Kier alpha value is -2.44. The van der Waals surface area contributed by atoms with Gasteiger partial charge in [-0.15, -0.1) is 0 Å². The van der Waals surface area contributed by atoms with E-state index in [2.05, 4.69) is 39.2 Å². The van der Waals surface area contributed by atoms with Gasteiger partial charge in [0.05, 0.1) is 18.2 Å². The zero-order valence-electron chi connectivity index (χ0n) is 11.6. The molecule has 20 heavy (non-hydrogen) atoms. The van der Waals surface area contributed by atoms with Crippen LogP contribution in [0.15, 0.2) is 25.0 Å². The molecule has 0 radical (unpaired) electrons. The second-order valence-electron chi connectivity index (χ2n) is 4.54. The van der Waals surface area contributed by atoms with Crippen molar-refractivity contribution in [2.75, 3.05) is 5.32 Å². The first-order valence-electron chi connectivity index (χ1n) is 6.77. The van der Waals surface area contributed by atoms with Gasteiger partial charge in [0.2, 0.25) is 0 Å². The topological polar surface area (TPSA) is 73.5 Å². The second-order valence-corrected chi connectivity index (χ2v) is 4.54. The lowest BCUT2D eigenvalue weighted by molar-refractivity contribution is 0.603. The largest absolute Gasteiger partial charge is 0.336 e. The smallest absolute Gasteiger partial charge is 0.165 e. The van der Waals surface area contributed by atoms with E-state index in [-0.39, 0.29) is 0 Å². The molecule has 0 aliphatic heterocycles. The molecule has 3 aromatic heterocycles. The van der Waals surface area contributed by atoms with Crippen LogP contribution < -0.4 is 5.32 Å². The lowest BCUT2D eigenvalue weighted by atomic mass is 10.4. The summed E-state index contributed by atoms with van der Waals surface area (Å²) in [6, 6.07) is 0. The number of aryl methyl sites for hydroxylation is 2. The fourth-order valence-electron chi connectivity index (χ4n) is 2.12. The number of nitrogens with zero attached hydrogens (tertiary/aromatic N) is 6. The third kappa shape index (κ3) is 2.22. The minimum atomic E-state index is 0.707. The summed E-state index contributed by atoms with van der Waals surface area (Å²) >= 11 is 0. The average Bonchev–Trinajstić information content (AvgIpc) is 3.06. The molecule has 0 atom stereocenters. The van der Waals surface area contributed by atoms with Gasteiger partial charge < -0.3 is 9.88 Å². The molecular weight excluding hydrogens is 254 g/mol. The Morgan fingerprint density at radius 2 is 2.10 bits per heavy atom. The van der Waals surface area contributed by atoms with Gasteiger partial charge in [0.15, 0.2) is 17.0 Å². The lowest BCUT2D eigenvalue weighted by Crippen LogP contribution is -1.98. The summed E-state index contributed by atoms with van der Waals surface area (Å²) in [7, 11) is 0. The van der Waals surface area contributed by atoms with Gasteiger partial charge in [-0.05, 0) is 13.3 Å². The maximum atomic E-state index is 4.38. The van der Waals surface area contributed by atoms with Crippen molar-refractivity contribution in [3.8, 4) is 0 Å². The number of hydrogen-bond acceptors (Lipinski definition) is 5. The minimum absolute atomic E-state index is 0.707. The molecule has 1 N–H and O–H groups in total. The Balaban J connectivity index is 1.91. The molecule has 0 aromatic carbocycles. The van der Waals surface area contributed by atoms with E-state index in [4.69, 9.17) is 0 Å². The maximum Gasteiger partial charge on any atom is 0.165 e. The standard InChI is InChI=1S/C13H17N7/c1-3-5-20-7-10(6-17-20)18-12-11-13(15-8-14-12)19(4-2)9-16-11/h6-9H,3-5H2,1-2H3,(H,14,15,18). The van der Waals surface area contributed by atoms with Crippen LogP contribution in [0.4, 0.5) is 11.5 Å². The highest BCUT2D eigenvalue weighted by Crippen LogP contribution is 2.21. The maximum absolute atomic E-state index is 4.38. The molecule has 7 nitrogen and oxygen atoms in total. The van der Waals surface area contributed by atoms with Gasteiger partial charge in [0.1, 0.15) is 6.33 Å². The zero-order chi connectivity index (χ0) is 13.9. The van der Waals surface area contributed by atoms with Crippen molar-refractivity contribution >= 4 is 22.7 Å². The minimum Gasteiger partial charge on any atom is -0.336 e. The van der Waals surface area contributed by atoms with E-state index >= 15 is 0 Å². The highest BCUT2D eigenvalue weighted by molar-refractivity contribution is 5.84. The van der Waals surface area contributed by atoms with Crippen LogP contribution in [0.2, 0.25) is 0 Å². The van der Waals surface area contributed by atoms with Crippen LogP contribution in [0.5, 0.6) is 0 Å². The molecule has 0 amide bonds. The predicted molar refractivity (Wildman–Crippen MR) is 76.8 cm³/mol. The summed E-state index contributed by atoms with van der Waals surface area (Å²) in [5, 5.41) is 7.54. The molecule has 0 bridgehead atoms. The quantitative estimate of drug-likeness (QED) is 0.770. The summed E-state index contributed by atoms with van der Waals surface area (Å²) < 4.78 is 3.90. The molecule has 0 aliphatic rings. The van der Waals surface area contributed by atoms with Gasteiger partial charge in [-0.2, -0.15) is 5.10 Å². The molecule has 0 aliphatic carbocycles. The first kappa shape index (κ1) is 12.6. The highest BCUT2D eigenvalue weighted by atomic mass is 15.3. The van der Waals surface area contributed by atoms with Crippen molar-refractivity contribution in [2.45, 2.75) is 33.4 Å². The summed E-state index contributed by atoms with van der Waals surface area (Å²) in [6.45, 7) is 5.93. The number of hydrogen-bond donors (Lipinski definition) is 1. The van der Waals surface area contributed by atoms with Crippen molar-refractivity contribution < 1.29 is 0 Å². The van der Waals surface area contributed by atoms with Crippen LogP contribution in [0, 0.1) is 0 Å².